The zero-order valence-electron chi connectivity index (χ0n) is 21.1. The van der Waals surface area contributed by atoms with Gasteiger partial charge in [0.05, 0.1) is 24.1 Å². The molecule has 0 spiro atoms. The number of phenols is 1. The summed E-state index contributed by atoms with van der Waals surface area (Å²) in [7, 11) is 1.66. The molecule has 36 heavy (non-hydrogen) atoms. The van der Waals surface area contributed by atoms with Crippen molar-refractivity contribution in [2.45, 2.75) is 26.2 Å². The van der Waals surface area contributed by atoms with Gasteiger partial charge in [0.25, 0.3) is 0 Å². The molecule has 0 radical (unpaired) electrons. The highest BCUT2D eigenvalue weighted by Crippen LogP contribution is 2.42. The fourth-order valence-electron chi connectivity index (χ4n) is 4.42. The van der Waals surface area contributed by atoms with Crippen LogP contribution in [0.1, 0.15) is 26.3 Å². The molecular weight excluding hydrogens is 444 g/mol. The molecule has 0 aliphatic rings. The molecule has 180 valence electrons. The Balaban J connectivity index is 1.89. The molecule has 5 aromatic rings. The average Bonchev–Trinajstić information content (AvgIpc) is 3.30. The van der Waals surface area contributed by atoms with E-state index in [2.05, 4.69) is 55.7 Å². The third kappa shape index (κ3) is 4.38. The lowest BCUT2D eigenvalue weighted by Crippen LogP contribution is -2.11. The van der Waals surface area contributed by atoms with Gasteiger partial charge in [-0.25, -0.2) is 4.98 Å². The highest BCUT2D eigenvalue weighted by molar-refractivity contribution is 5.85. The fourth-order valence-corrected chi connectivity index (χ4v) is 4.42. The molecule has 4 nitrogen and oxygen atoms in total. The lowest BCUT2D eigenvalue weighted by Gasteiger charge is -2.21. The number of aromatic hydroxyl groups is 1. The number of aromatic nitrogens is 2. The molecule has 1 N–H and O–H groups in total. The Kier molecular flexibility index (Phi) is 6.11. The molecule has 0 atom stereocenters. The first-order valence-corrected chi connectivity index (χ1v) is 12.1. The Morgan fingerprint density at radius 3 is 1.94 bits per heavy atom. The first-order valence-electron chi connectivity index (χ1n) is 12.1. The van der Waals surface area contributed by atoms with E-state index in [-0.39, 0.29) is 11.2 Å². The van der Waals surface area contributed by atoms with Crippen LogP contribution in [0.4, 0.5) is 0 Å². The van der Waals surface area contributed by atoms with E-state index < -0.39 is 0 Å². The van der Waals surface area contributed by atoms with Crippen LogP contribution in [0.15, 0.2) is 103 Å². The smallest absolute Gasteiger partial charge is 0.149 e. The molecule has 0 aliphatic carbocycles. The van der Waals surface area contributed by atoms with Gasteiger partial charge in [0, 0.05) is 16.8 Å². The monoisotopic (exact) mass is 474 g/mol. The van der Waals surface area contributed by atoms with E-state index in [9.17, 15) is 5.11 Å². The van der Waals surface area contributed by atoms with Crippen molar-refractivity contribution in [1.82, 2.24) is 9.55 Å². The summed E-state index contributed by atoms with van der Waals surface area (Å²) in [5.41, 5.74) is 6.54. The molecule has 1 heterocycles. The quantitative estimate of drug-likeness (QED) is 0.282. The van der Waals surface area contributed by atoms with Crippen LogP contribution in [-0.4, -0.2) is 21.8 Å². The minimum atomic E-state index is -0.0789. The van der Waals surface area contributed by atoms with Crippen molar-refractivity contribution in [2.75, 3.05) is 7.11 Å². The van der Waals surface area contributed by atoms with Crippen molar-refractivity contribution in [1.29, 1.82) is 0 Å². The number of benzene rings is 4. The zero-order valence-corrected chi connectivity index (χ0v) is 21.1. The molecule has 0 saturated heterocycles. The highest BCUT2D eigenvalue weighted by atomic mass is 16.5. The van der Waals surface area contributed by atoms with Crippen LogP contribution in [0, 0.1) is 0 Å². The minimum Gasteiger partial charge on any atom is -0.507 e. The van der Waals surface area contributed by atoms with Crippen molar-refractivity contribution in [3.05, 3.63) is 109 Å². The Labute approximate surface area is 212 Å². The van der Waals surface area contributed by atoms with E-state index in [0.717, 1.165) is 39.5 Å². The molecule has 1 aromatic heterocycles. The summed E-state index contributed by atoms with van der Waals surface area (Å²) < 4.78 is 7.55. The SMILES string of the molecule is COc1ccc(-n2c(-c3cc(C(C)(C)C)ccc3O)nc(-c3ccccc3)c2-c2ccccc2)cc1. The lowest BCUT2D eigenvalue weighted by molar-refractivity contribution is 0.415. The van der Waals surface area contributed by atoms with Crippen LogP contribution in [0.3, 0.4) is 0 Å². The maximum atomic E-state index is 11.1. The molecule has 0 saturated carbocycles. The Morgan fingerprint density at radius 2 is 1.36 bits per heavy atom. The van der Waals surface area contributed by atoms with Crippen LogP contribution < -0.4 is 4.74 Å². The number of phenolic OH excluding ortho intramolecular Hbond substituents is 1. The number of rotatable bonds is 5. The standard InChI is InChI=1S/C32H30N2O2/c1-32(2,3)24-15-20-28(35)27(21-24)31-33-29(22-11-7-5-8-12-22)30(23-13-9-6-10-14-23)34(31)25-16-18-26(36-4)19-17-25/h5-21,35H,1-4H3. The number of nitrogens with zero attached hydrogens (tertiary/aromatic N) is 2. The van der Waals surface area contributed by atoms with Gasteiger partial charge in [-0.3, -0.25) is 4.57 Å². The molecule has 0 fully saturated rings. The van der Waals surface area contributed by atoms with E-state index in [1.165, 1.54) is 0 Å². The normalized spacial score (nSPS) is 11.4. The van der Waals surface area contributed by atoms with E-state index >= 15 is 0 Å². The lowest BCUT2D eigenvalue weighted by atomic mass is 9.86. The van der Waals surface area contributed by atoms with Gasteiger partial charge in [0.2, 0.25) is 0 Å². The van der Waals surface area contributed by atoms with Crippen LogP contribution in [-0.2, 0) is 5.41 Å². The van der Waals surface area contributed by atoms with Crippen LogP contribution in [0.25, 0.3) is 39.6 Å². The van der Waals surface area contributed by atoms with E-state index in [4.69, 9.17) is 9.72 Å². The molecule has 0 aliphatic heterocycles. The summed E-state index contributed by atoms with van der Waals surface area (Å²) in [6, 6.07) is 34.2. The maximum absolute atomic E-state index is 11.1. The second-order valence-corrected chi connectivity index (χ2v) is 9.88. The summed E-state index contributed by atoms with van der Waals surface area (Å²) in [4.78, 5) is 5.20. The first kappa shape index (κ1) is 23.4. The molecular formula is C32H30N2O2. The molecule has 0 bridgehead atoms. The van der Waals surface area contributed by atoms with Gasteiger partial charge in [-0.2, -0.15) is 0 Å². The minimum absolute atomic E-state index is 0.0789. The summed E-state index contributed by atoms with van der Waals surface area (Å²) >= 11 is 0. The number of imidazole rings is 1. The van der Waals surface area contributed by atoms with Gasteiger partial charge < -0.3 is 9.84 Å². The molecule has 5 rings (SSSR count). The van der Waals surface area contributed by atoms with Crippen molar-refractivity contribution in [3.63, 3.8) is 0 Å². The predicted molar refractivity (Wildman–Crippen MR) is 147 cm³/mol. The summed E-state index contributed by atoms with van der Waals surface area (Å²) in [6.07, 6.45) is 0. The number of hydrogen-bond acceptors (Lipinski definition) is 3. The van der Waals surface area contributed by atoms with Gasteiger partial charge >= 0.3 is 0 Å². The third-order valence-electron chi connectivity index (χ3n) is 6.41. The van der Waals surface area contributed by atoms with Gasteiger partial charge in [0.15, 0.2) is 0 Å². The highest BCUT2D eigenvalue weighted by Gasteiger charge is 2.25. The van der Waals surface area contributed by atoms with Gasteiger partial charge in [-0.1, -0.05) is 87.5 Å². The van der Waals surface area contributed by atoms with Crippen LogP contribution >= 0.6 is 0 Å². The van der Waals surface area contributed by atoms with Crippen LogP contribution in [0.2, 0.25) is 0 Å². The first-order chi connectivity index (χ1) is 17.4. The second-order valence-electron chi connectivity index (χ2n) is 9.88. The van der Waals surface area contributed by atoms with Gasteiger partial charge in [-0.05, 0) is 47.4 Å². The largest absolute Gasteiger partial charge is 0.507 e. The van der Waals surface area contributed by atoms with Crippen molar-refractivity contribution in [3.8, 4) is 51.1 Å². The number of hydrogen-bond donors (Lipinski definition) is 1. The molecule has 0 amide bonds. The Morgan fingerprint density at radius 1 is 0.750 bits per heavy atom. The topological polar surface area (TPSA) is 47.3 Å². The second kappa shape index (κ2) is 9.38. The van der Waals surface area contributed by atoms with Gasteiger partial charge in [0.1, 0.15) is 17.3 Å². The average molecular weight is 475 g/mol. The summed E-state index contributed by atoms with van der Waals surface area (Å²) in [6.45, 7) is 6.51. The van der Waals surface area contributed by atoms with Crippen LogP contribution in [0.5, 0.6) is 11.5 Å². The van der Waals surface area contributed by atoms with E-state index in [1.54, 1.807) is 13.2 Å². The third-order valence-corrected chi connectivity index (χ3v) is 6.41. The van der Waals surface area contributed by atoms with E-state index in [0.29, 0.717) is 11.4 Å². The zero-order chi connectivity index (χ0) is 25.3. The molecule has 4 aromatic carbocycles. The van der Waals surface area contributed by atoms with E-state index in [1.807, 2.05) is 66.7 Å². The predicted octanol–water partition coefficient (Wildman–Crippen LogP) is 7.89. The maximum Gasteiger partial charge on any atom is 0.149 e. The van der Waals surface area contributed by atoms with Gasteiger partial charge in [-0.15, -0.1) is 0 Å². The Hall–Kier alpha value is -4.31. The number of ether oxygens (including phenoxy) is 1. The van der Waals surface area contributed by atoms with Crippen molar-refractivity contribution >= 4 is 0 Å². The molecule has 0 unspecified atom stereocenters. The number of methoxy groups -OCH3 is 1. The Bertz CT molecular complexity index is 1480. The molecule has 4 heteroatoms. The van der Waals surface area contributed by atoms with Crippen molar-refractivity contribution < 1.29 is 9.84 Å². The summed E-state index contributed by atoms with van der Waals surface area (Å²) in [5, 5.41) is 11.1. The fraction of sp³-hybridized carbons (Fsp3) is 0.156. The van der Waals surface area contributed by atoms with Crippen molar-refractivity contribution in [2.24, 2.45) is 0 Å². The summed E-state index contributed by atoms with van der Waals surface area (Å²) in [5.74, 6) is 1.66.